The lowest BCUT2D eigenvalue weighted by Crippen LogP contribution is -2.00. The largest absolute Gasteiger partial charge is 0.496 e. The first-order valence-electron chi connectivity index (χ1n) is 4.48. The van der Waals surface area contributed by atoms with Crippen LogP contribution in [0.15, 0.2) is 12.1 Å². The SMILES string of the molecule is COc1c(C)ccc(C)c1C[Si]C. The Kier molecular flexibility index (Phi) is 3.55. The number of rotatable bonds is 3. The van der Waals surface area contributed by atoms with Crippen molar-refractivity contribution in [2.45, 2.75) is 26.4 Å². The molecule has 0 N–H and O–H groups in total. The Balaban J connectivity index is 3.18. The molecule has 0 spiro atoms. The molecule has 0 heterocycles. The zero-order valence-electron chi connectivity index (χ0n) is 8.77. The van der Waals surface area contributed by atoms with Gasteiger partial charge in [0.25, 0.3) is 0 Å². The molecule has 0 aliphatic carbocycles. The van der Waals surface area contributed by atoms with Crippen LogP contribution in [0.3, 0.4) is 0 Å². The molecule has 70 valence electrons. The highest BCUT2D eigenvalue weighted by Gasteiger charge is 2.07. The molecule has 1 aromatic rings. The molecule has 0 saturated carbocycles. The number of benzene rings is 1. The second-order valence-corrected chi connectivity index (χ2v) is 4.30. The van der Waals surface area contributed by atoms with Gasteiger partial charge in [-0.05, 0) is 36.6 Å². The lowest BCUT2D eigenvalue weighted by molar-refractivity contribution is 0.407. The molecule has 1 nitrogen and oxygen atoms in total. The summed E-state index contributed by atoms with van der Waals surface area (Å²) < 4.78 is 5.41. The number of hydrogen-bond acceptors (Lipinski definition) is 1. The van der Waals surface area contributed by atoms with Crippen molar-refractivity contribution in [2.75, 3.05) is 7.11 Å². The summed E-state index contributed by atoms with van der Waals surface area (Å²) in [5.74, 6) is 1.08. The van der Waals surface area contributed by atoms with Gasteiger partial charge in [0.1, 0.15) is 5.75 Å². The van der Waals surface area contributed by atoms with Crippen LogP contribution in [-0.2, 0) is 6.04 Å². The molecular weight excluding hydrogens is 176 g/mol. The van der Waals surface area contributed by atoms with Gasteiger partial charge >= 0.3 is 0 Å². The summed E-state index contributed by atoms with van der Waals surface area (Å²) >= 11 is 0. The lowest BCUT2D eigenvalue weighted by atomic mass is 10.1. The van der Waals surface area contributed by atoms with E-state index < -0.39 is 0 Å². The van der Waals surface area contributed by atoms with Gasteiger partial charge in [0.2, 0.25) is 0 Å². The molecule has 0 fully saturated rings. The van der Waals surface area contributed by atoms with Gasteiger partial charge in [-0.3, -0.25) is 0 Å². The monoisotopic (exact) mass is 192 g/mol. The summed E-state index contributed by atoms with van der Waals surface area (Å²) in [4.78, 5) is 0. The van der Waals surface area contributed by atoms with Crippen LogP contribution in [0.4, 0.5) is 0 Å². The highest BCUT2D eigenvalue weighted by Crippen LogP contribution is 2.26. The maximum Gasteiger partial charge on any atom is 0.124 e. The normalized spacial score (nSPS) is 10.2. The van der Waals surface area contributed by atoms with Crippen LogP contribution in [0.1, 0.15) is 16.7 Å². The molecule has 0 aliphatic heterocycles. The summed E-state index contributed by atoms with van der Waals surface area (Å²) in [6.45, 7) is 6.47. The van der Waals surface area contributed by atoms with E-state index in [4.69, 9.17) is 4.74 Å². The van der Waals surface area contributed by atoms with Crippen LogP contribution in [0.5, 0.6) is 5.75 Å². The van der Waals surface area contributed by atoms with E-state index in [0.29, 0.717) is 0 Å². The average Bonchev–Trinajstić information content (AvgIpc) is 2.12. The third-order valence-electron chi connectivity index (χ3n) is 2.25. The van der Waals surface area contributed by atoms with E-state index in [-0.39, 0.29) is 0 Å². The van der Waals surface area contributed by atoms with Crippen LogP contribution >= 0.6 is 0 Å². The second-order valence-electron chi connectivity index (χ2n) is 3.24. The van der Waals surface area contributed by atoms with Crippen molar-refractivity contribution in [2.24, 2.45) is 0 Å². The second kappa shape index (κ2) is 4.47. The Morgan fingerprint density at radius 1 is 1.23 bits per heavy atom. The van der Waals surface area contributed by atoms with Gasteiger partial charge in [0.15, 0.2) is 0 Å². The standard InChI is InChI=1S/C11H16OSi/c1-8-5-6-9(2)11(12-3)10(8)7-13-4/h5-6H,7H2,1-4H3. The number of methoxy groups -OCH3 is 1. The van der Waals surface area contributed by atoms with Crippen molar-refractivity contribution in [1.29, 1.82) is 0 Å². The number of ether oxygens (including phenoxy) is 1. The fraction of sp³-hybridized carbons (Fsp3) is 0.455. The molecular formula is C11H16OSi. The highest BCUT2D eigenvalue weighted by molar-refractivity contribution is 6.33. The minimum atomic E-state index is 0.947. The summed E-state index contributed by atoms with van der Waals surface area (Å²) in [6.07, 6.45) is 0. The van der Waals surface area contributed by atoms with Gasteiger partial charge in [-0.1, -0.05) is 18.7 Å². The third-order valence-corrected chi connectivity index (χ3v) is 2.96. The van der Waals surface area contributed by atoms with Gasteiger partial charge in [-0.25, -0.2) is 0 Å². The fourth-order valence-corrected chi connectivity index (χ4v) is 2.32. The molecule has 1 rings (SSSR count). The molecule has 0 saturated heterocycles. The number of hydrogen-bond donors (Lipinski definition) is 0. The maximum atomic E-state index is 5.41. The van der Waals surface area contributed by atoms with Crippen molar-refractivity contribution in [3.05, 3.63) is 28.8 Å². The minimum Gasteiger partial charge on any atom is -0.496 e. The zero-order valence-corrected chi connectivity index (χ0v) is 9.77. The van der Waals surface area contributed by atoms with E-state index in [9.17, 15) is 0 Å². The third kappa shape index (κ3) is 2.13. The first-order chi connectivity index (χ1) is 6.20. The molecule has 0 unspecified atom stereocenters. The van der Waals surface area contributed by atoms with Gasteiger partial charge < -0.3 is 4.74 Å². The first kappa shape index (κ1) is 10.3. The highest BCUT2D eigenvalue weighted by atomic mass is 28.2. The van der Waals surface area contributed by atoms with Crippen molar-refractivity contribution in [3.8, 4) is 5.75 Å². The van der Waals surface area contributed by atoms with Gasteiger partial charge in [-0.2, -0.15) is 0 Å². The van der Waals surface area contributed by atoms with Crippen molar-refractivity contribution in [1.82, 2.24) is 0 Å². The summed E-state index contributed by atoms with van der Waals surface area (Å²) in [6, 6.07) is 5.43. The molecule has 13 heavy (non-hydrogen) atoms. The van der Waals surface area contributed by atoms with Crippen LogP contribution in [0.25, 0.3) is 0 Å². The molecule has 0 amide bonds. The Morgan fingerprint density at radius 2 is 1.85 bits per heavy atom. The van der Waals surface area contributed by atoms with Crippen molar-refractivity contribution < 1.29 is 4.74 Å². The predicted octanol–water partition coefficient (Wildman–Crippen LogP) is 2.56. The number of aryl methyl sites for hydroxylation is 2. The van der Waals surface area contributed by atoms with Crippen LogP contribution in [-0.4, -0.2) is 16.6 Å². The fourth-order valence-electron chi connectivity index (χ4n) is 1.52. The Hall–Kier alpha value is -0.763. The molecule has 0 aliphatic rings. The van der Waals surface area contributed by atoms with Gasteiger partial charge in [0, 0.05) is 9.52 Å². The van der Waals surface area contributed by atoms with E-state index in [0.717, 1.165) is 21.3 Å². The van der Waals surface area contributed by atoms with Crippen LogP contribution < -0.4 is 4.74 Å². The lowest BCUT2D eigenvalue weighted by Gasteiger charge is -2.13. The smallest absolute Gasteiger partial charge is 0.124 e. The van der Waals surface area contributed by atoms with Crippen molar-refractivity contribution >= 4 is 9.52 Å². The van der Waals surface area contributed by atoms with Gasteiger partial charge in [-0.15, -0.1) is 0 Å². The molecule has 2 radical (unpaired) electrons. The average molecular weight is 192 g/mol. The Labute approximate surface area is 82.9 Å². The molecule has 0 atom stereocenters. The summed E-state index contributed by atoms with van der Waals surface area (Å²) in [5.41, 5.74) is 3.96. The minimum absolute atomic E-state index is 0.947. The van der Waals surface area contributed by atoms with E-state index in [1.165, 1.54) is 16.7 Å². The van der Waals surface area contributed by atoms with E-state index in [1.807, 2.05) is 0 Å². The van der Waals surface area contributed by atoms with Gasteiger partial charge in [0.05, 0.1) is 7.11 Å². The first-order valence-corrected chi connectivity index (χ1v) is 6.19. The predicted molar refractivity (Wildman–Crippen MR) is 57.8 cm³/mol. The molecule has 2 heteroatoms. The Morgan fingerprint density at radius 3 is 2.38 bits per heavy atom. The van der Waals surface area contributed by atoms with E-state index in [2.05, 4.69) is 32.5 Å². The van der Waals surface area contributed by atoms with Crippen LogP contribution in [0.2, 0.25) is 6.55 Å². The molecule has 0 aromatic heterocycles. The zero-order chi connectivity index (χ0) is 9.84. The summed E-state index contributed by atoms with van der Waals surface area (Å²) in [5, 5.41) is 0. The topological polar surface area (TPSA) is 9.23 Å². The molecule has 0 bridgehead atoms. The maximum absolute atomic E-state index is 5.41. The quantitative estimate of drug-likeness (QED) is 0.669. The van der Waals surface area contributed by atoms with E-state index in [1.54, 1.807) is 7.11 Å². The molecule has 1 aromatic carbocycles. The van der Waals surface area contributed by atoms with Crippen molar-refractivity contribution in [3.63, 3.8) is 0 Å². The summed E-state index contributed by atoms with van der Waals surface area (Å²) in [7, 11) is 2.70. The Bertz CT molecular complexity index is 294. The van der Waals surface area contributed by atoms with E-state index >= 15 is 0 Å². The van der Waals surface area contributed by atoms with Crippen LogP contribution in [0, 0.1) is 13.8 Å².